The van der Waals surface area contributed by atoms with Crippen molar-refractivity contribution in [3.05, 3.63) is 0 Å². The zero-order chi connectivity index (χ0) is 9.14. The molecule has 1 saturated heterocycles. The number of nitrogens with zero attached hydrogens (tertiary/aromatic N) is 2. The highest BCUT2D eigenvalue weighted by Gasteiger charge is 2.24. The van der Waals surface area contributed by atoms with Crippen LogP contribution in [-0.2, 0) is 4.74 Å². The molecule has 0 aromatic carbocycles. The predicted molar refractivity (Wildman–Crippen MR) is 45.6 cm³/mol. The fourth-order valence-corrected chi connectivity index (χ4v) is 1.23. The van der Waals surface area contributed by atoms with E-state index in [0.717, 1.165) is 19.5 Å². The van der Waals surface area contributed by atoms with Crippen LogP contribution in [0.2, 0.25) is 0 Å². The summed E-state index contributed by atoms with van der Waals surface area (Å²) in [5.41, 5.74) is 0. The van der Waals surface area contributed by atoms with Gasteiger partial charge < -0.3 is 4.74 Å². The van der Waals surface area contributed by atoms with Crippen LogP contribution in [-0.4, -0.2) is 42.4 Å². The second-order valence-corrected chi connectivity index (χ2v) is 3.29. The van der Waals surface area contributed by atoms with Crippen molar-refractivity contribution in [1.29, 1.82) is 0 Å². The fraction of sp³-hybridized carbons (Fsp3) is 0.875. The van der Waals surface area contributed by atoms with Gasteiger partial charge in [-0.3, -0.25) is 0 Å². The molecular formula is C8H16N2O2. The van der Waals surface area contributed by atoms with Crippen LogP contribution in [0.5, 0.6) is 0 Å². The van der Waals surface area contributed by atoms with Crippen molar-refractivity contribution in [2.45, 2.75) is 26.4 Å². The maximum absolute atomic E-state index is 11.3. The maximum Gasteiger partial charge on any atom is 0.424 e. The molecule has 0 aromatic rings. The second-order valence-electron chi connectivity index (χ2n) is 3.29. The van der Waals surface area contributed by atoms with Gasteiger partial charge in [0.2, 0.25) is 0 Å². The maximum atomic E-state index is 11.3. The molecule has 4 nitrogen and oxygen atoms in total. The summed E-state index contributed by atoms with van der Waals surface area (Å²) in [4.78, 5) is 11.3. The van der Waals surface area contributed by atoms with E-state index in [4.69, 9.17) is 4.74 Å². The largest absolute Gasteiger partial charge is 0.446 e. The summed E-state index contributed by atoms with van der Waals surface area (Å²) in [5, 5.41) is 3.53. The van der Waals surface area contributed by atoms with Gasteiger partial charge in [-0.25, -0.2) is 14.8 Å². The van der Waals surface area contributed by atoms with Crippen LogP contribution >= 0.6 is 0 Å². The first-order chi connectivity index (χ1) is 5.61. The molecule has 0 atom stereocenters. The molecule has 0 N–H and O–H groups in total. The lowest BCUT2D eigenvalue weighted by molar-refractivity contribution is 0.0156. The lowest BCUT2D eigenvalue weighted by Crippen LogP contribution is -2.39. The van der Waals surface area contributed by atoms with Crippen LogP contribution in [0.3, 0.4) is 0 Å². The van der Waals surface area contributed by atoms with E-state index in [0.29, 0.717) is 0 Å². The highest BCUT2D eigenvalue weighted by atomic mass is 16.6. The van der Waals surface area contributed by atoms with E-state index in [1.165, 1.54) is 0 Å². The van der Waals surface area contributed by atoms with Gasteiger partial charge in [-0.2, -0.15) is 0 Å². The molecule has 1 fully saturated rings. The average molecular weight is 172 g/mol. The molecule has 1 aliphatic heterocycles. The number of carbonyl (C=O) groups is 1. The first-order valence-corrected chi connectivity index (χ1v) is 4.30. The number of hydrogen-bond donors (Lipinski definition) is 0. The average Bonchev–Trinajstić information content (AvgIpc) is 2.33. The quantitative estimate of drug-likeness (QED) is 0.593. The summed E-state index contributed by atoms with van der Waals surface area (Å²) in [6, 6.07) is 0. The van der Waals surface area contributed by atoms with Crippen molar-refractivity contribution in [3.63, 3.8) is 0 Å². The molecule has 0 radical (unpaired) electrons. The normalized spacial score (nSPS) is 18.8. The third-order valence-electron chi connectivity index (χ3n) is 1.81. The molecule has 0 unspecified atom stereocenters. The van der Waals surface area contributed by atoms with Gasteiger partial charge in [-0.05, 0) is 20.3 Å². The van der Waals surface area contributed by atoms with Crippen molar-refractivity contribution in [1.82, 2.24) is 10.0 Å². The van der Waals surface area contributed by atoms with Gasteiger partial charge in [0.05, 0.1) is 6.10 Å². The number of ether oxygens (including phenoxy) is 1. The lowest BCUT2D eigenvalue weighted by Gasteiger charge is -2.24. The number of amides is 1. The minimum Gasteiger partial charge on any atom is -0.446 e. The molecular weight excluding hydrogens is 156 g/mol. The Morgan fingerprint density at radius 1 is 1.42 bits per heavy atom. The summed E-state index contributed by atoms with van der Waals surface area (Å²) in [5.74, 6) is 0. The fourth-order valence-electron chi connectivity index (χ4n) is 1.23. The highest BCUT2D eigenvalue weighted by Crippen LogP contribution is 2.09. The number of rotatable bonds is 1. The predicted octanol–water partition coefficient (Wildman–Crippen LogP) is 1.08. The number of hydrogen-bond acceptors (Lipinski definition) is 3. The van der Waals surface area contributed by atoms with Crippen LogP contribution in [0, 0.1) is 0 Å². The minimum atomic E-state index is -0.231. The van der Waals surface area contributed by atoms with Crippen LogP contribution < -0.4 is 0 Å². The zero-order valence-corrected chi connectivity index (χ0v) is 7.91. The summed E-state index contributed by atoms with van der Waals surface area (Å²) in [7, 11) is 1.90. The highest BCUT2D eigenvalue weighted by molar-refractivity contribution is 5.67. The standard InChI is InChI=1S/C8H16N2O2/c1-7(2)12-8(11)10-6-4-5-9(10)3/h7H,4-6H2,1-3H3. The molecule has 1 amide bonds. The van der Waals surface area contributed by atoms with Crippen molar-refractivity contribution >= 4 is 6.09 Å². The van der Waals surface area contributed by atoms with E-state index in [9.17, 15) is 4.79 Å². The van der Waals surface area contributed by atoms with E-state index in [1.54, 1.807) is 5.01 Å². The molecule has 1 rings (SSSR count). The second kappa shape index (κ2) is 3.76. The zero-order valence-electron chi connectivity index (χ0n) is 7.91. The van der Waals surface area contributed by atoms with Crippen LogP contribution in [0.15, 0.2) is 0 Å². The molecule has 1 heterocycles. The summed E-state index contributed by atoms with van der Waals surface area (Å²) in [6.45, 7) is 5.43. The van der Waals surface area contributed by atoms with Gasteiger partial charge in [0.15, 0.2) is 0 Å². The Hall–Kier alpha value is -0.770. The Labute approximate surface area is 73.1 Å². The minimum absolute atomic E-state index is 0.0356. The topological polar surface area (TPSA) is 32.8 Å². The first-order valence-electron chi connectivity index (χ1n) is 4.30. The van der Waals surface area contributed by atoms with Gasteiger partial charge in [0, 0.05) is 20.1 Å². The van der Waals surface area contributed by atoms with E-state index in [-0.39, 0.29) is 12.2 Å². The van der Waals surface area contributed by atoms with Crippen LogP contribution in [0.1, 0.15) is 20.3 Å². The molecule has 0 aromatic heterocycles. The molecule has 0 spiro atoms. The van der Waals surface area contributed by atoms with E-state index >= 15 is 0 Å². The monoisotopic (exact) mass is 172 g/mol. The molecule has 12 heavy (non-hydrogen) atoms. The molecule has 1 aliphatic rings. The SMILES string of the molecule is CC(C)OC(=O)N1CCCN1C. The number of hydrazine groups is 1. The van der Waals surface area contributed by atoms with E-state index in [1.807, 2.05) is 25.9 Å². The van der Waals surface area contributed by atoms with Crippen LogP contribution in [0.4, 0.5) is 4.79 Å². The Morgan fingerprint density at radius 2 is 2.08 bits per heavy atom. The molecule has 70 valence electrons. The van der Waals surface area contributed by atoms with Gasteiger partial charge >= 0.3 is 6.09 Å². The van der Waals surface area contributed by atoms with Crippen LogP contribution in [0.25, 0.3) is 0 Å². The third-order valence-corrected chi connectivity index (χ3v) is 1.81. The smallest absolute Gasteiger partial charge is 0.424 e. The molecule has 0 aliphatic carbocycles. The Balaban J connectivity index is 2.41. The summed E-state index contributed by atoms with van der Waals surface area (Å²) in [6.07, 6.45) is 0.764. The van der Waals surface area contributed by atoms with Crippen molar-refractivity contribution < 1.29 is 9.53 Å². The van der Waals surface area contributed by atoms with Crippen molar-refractivity contribution in [2.75, 3.05) is 20.1 Å². The lowest BCUT2D eigenvalue weighted by atomic mass is 10.5. The molecule has 0 bridgehead atoms. The summed E-state index contributed by atoms with van der Waals surface area (Å²) >= 11 is 0. The van der Waals surface area contributed by atoms with E-state index in [2.05, 4.69) is 0 Å². The van der Waals surface area contributed by atoms with Gasteiger partial charge in [-0.1, -0.05) is 0 Å². The van der Waals surface area contributed by atoms with Gasteiger partial charge in [-0.15, -0.1) is 0 Å². The van der Waals surface area contributed by atoms with Gasteiger partial charge in [0.25, 0.3) is 0 Å². The Bertz CT molecular complexity index is 170. The third kappa shape index (κ3) is 2.11. The summed E-state index contributed by atoms with van der Waals surface area (Å²) < 4.78 is 5.05. The Kier molecular flexibility index (Phi) is 2.92. The molecule has 4 heteroatoms. The van der Waals surface area contributed by atoms with Gasteiger partial charge in [0.1, 0.15) is 0 Å². The Morgan fingerprint density at radius 3 is 2.50 bits per heavy atom. The molecule has 0 saturated carbocycles. The van der Waals surface area contributed by atoms with Crippen molar-refractivity contribution in [3.8, 4) is 0 Å². The van der Waals surface area contributed by atoms with Crippen molar-refractivity contribution in [2.24, 2.45) is 0 Å². The number of carbonyl (C=O) groups excluding carboxylic acids is 1. The first kappa shape index (κ1) is 9.32. The van der Waals surface area contributed by atoms with E-state index < -0.39 is 0 Å².